The second-order valence-corrected chi connectivity index (χ2v) is 6.07. The lowest BCUT2D eigenvalue weighted by atomic mass is 10.1. The molecule has 0 heterocycles. The first-order chi connectivity index (χ1) is 11.3. The SMILES string of the molecule is CC(Oc1ccc(-c2ccccc2)cc1)C(=O)NC(C)(C)C(=O)O. The third-order valence-corrected chi connectivity index (χ3v) is 3.61. The number of rotatable bonds is 6. The van der Waals surface area contributed by atoms with E-state index in [0.29, 0.717) is 5.75 Å². The van der Waals surface area contributed by atoms with Gasteiger partial charge in [0.05, 0.1) is 0 Å². The van der Waals surface area contributed by atoms with Crippen molar-refractivity contribution < 1.29 is 19.4 Å². The number of amides is 1. The van der Waals surface area contributed by atoms with Gasteiger partial charge in [0.25, 0.3) is 5.91 Å². The summed E-state index contributed by atoms with van der Waals surface area (Å²) in [7, 11) is 0. The van der Waals surface area contributed by atoms with Crippen LogP contribution >= 0.6 is 0 Å². The van der Waals surface area contributed by atoms with Gasteiger partial charge in [0.1, 0.15) is 11.3 Å². The van der Waals surface area contributed by atoms with E-state index in [-0.39, 0.29) is 0 Å². The predicted molar refractivity (Wildman–Crippen MR) is 91.8 cm³/mol. The van der Waals surface area contributed by atoms with Crippen LogP contribution in [0.15, 0.2) is 54.6 Å². The van der Waals surface area contributed by atoms with Crippen molar-refractivity contribution in [3.05, 3.63) is 54.6 Å². The molecule has 1 amide bonds. The minimum atomic E-state index is -1.34. The van der Waals surface area contributed by atoms with Gasteiger partial charge in [-0.2, -0.15) is 0 Å². The summed E-state index contributed by atoms with van der Waals surface area (Å²) in [6, 6.07) is 17.3. The normalized spacial score (nSPS) is 12.3. The van der Waals surface area contributed by atoms with E-state index in [4.69, 9.17) is 9.84 Å². The number of carbonyl (C=O) groups excluding carboxylic acids is 1. The molecule has 0 saturated heterocycles. The minimum Gasteiger partial charge on any atom is -0.481 e. The van der Waals surface area contributed by atoms with Crippen LogP contribution in [0.3, 0.4) is 0 Å². The van der Waals surface area contributed by atoms with Crippen molar-refractivity contribution in [2.75, 3.05) is 0 Å². The van der Waals surface area contributed by atoms with Crippen LogP contribution in [0.1, 0.15) is 20.8 Å². The first-order valence-electron chi connectivity index (χ1n) is 7.67. The van der Waals surface area contributed by atoms with Gasteiger partial charge in [-0.3, -0.25) is 4.79 Å². The Morgan fingerprint density at radius 3 is 2.08 bits per heavy atom. The molecule has 2 N–H and O–H groups in total. The Morgan fingerprint density at radius 2 is 1.54 bits per heavy atom. The average molecular weight is 327 g/mol. The van der Waals surface area contributed by atoms with Crippen molar-refractivity contribution >= 4 is 11.9 Å². The Kier molecular flexibility index (Phi) is 5.24. The van der Waals surface area contributed by atoms with E-state index < -0.39 is 23.5 Å². The number of carboxylic acids is 1. The number of aliphatic carboxylic acids is 1. The van der Waals surface area contributed by atoms with E-state index >= 15 is 0 Å². The molecule has 2 aromatic carbocycles. The van der Waals surface area contributed by atoms with Crippen molar-refractivity contribution in [3.8, 4) is 16.9 Å². The fourth-order valence-electron chi connectivity index (χ4n) is 2.08. The van der Waals surface area contributed by atoms with Gasteiger partial charge in [-0.1, -0.05) is 42.5 Å². The molecule has 0 aliphatic carbocycles. The standard InChI is InChI=1S/C19H21NO4/c1-13(17(21)20-19(2,3)18(22)23)24-16-11-9-15(10-12-16)14-7-5-4-6-8-14/h4-13H,1-3H3,(H,20,21)(H,22,23). The van der Waals surface area contributed by atoms with Gasteiger partial charge in [0.2, 0.25) is 0 Å². The van der Waals surface area contributed by atoms with Gasteiger partial charge in [-0.05, 0) is 44.0 Å². The quantitative estimate of drug-likeness (QED) is 0.855. The van der Waals surface area contributed by atoms with Gasteiger partial charge in [0.15, 0.2) is 6.10 Å². The Bertz CT molecular complexity index is 708. The summed E-state index contributed by atoms with van der Waals surface area (Å²) < 4.78 is 5.59. The zero-order valence-corrected chi connectivity index (χ0v) is 13.9. The highest BCUT2D eigenvalue weighted by Crippen LogP contribution is 2.22. The number of ether oxygens (including phenoxy) is 1. The monoisotopic (exact) mass is 327 g/mol. The molecular weight excluding hydrogens is 306 g/mol. The fraction of sp³-hybridized carbons (Fsp3) is 0.263. The largest absolute Gasteiger partial charge is 0.481 e. The van der Waals surface area contributed by atoms with Gasteiger partial charge < -0.3 is 15.2 Å². The first-order valence-corrected chi connectivity index (χ1v) is 7.67. The van der Waals surface area contributed by atoms with Crippen molar-refractivity contribution in [3.63, 3.8) is 0 Å². The molecule has 0 aliphatic heterocycles. The smallest absolute Gasteiger partial charge is 0.328 e. The van der Waals surface area contributed by atoms with Crippen LogP contribution in [-0.2, 0) is 9.59 Å². The van der Waals surface area contributed by atoms with Gasteiger partial charge >= 0.3 is 5.97 Å². The summed E-state index contributed by atoms with van der Waals surface area (Å²) in [5.41, 5.74) is 0.802. The number of benzene rings is 2. The van der Waals surface area contributed by atoms with Gasteiger partial charge in [0, 0.05) is 0 Å². The molecule has 126 valence electrons. The molecular formula is C19H21NO4. The Morgan fingerprint density at radius 1 is 1.00 bits per heavy atom. The van der Waals surface area contributed by atoms with E-state index in [2.05, 4.69) is 5.32 Å². The highest BCUT2D eigenvalue weighted by atomic mass is 16.5. The van der Waals surface area contributed by atoms with Crippen LogP contribution in [-0.4, -0.2) is 28.6 Å². The van der Waals surface area contributed by atoms with Crippen LogP contribution in [0.4, 0.5) is 0 Å². The molecule has 2 aromatic rings. The third kappa shape index (κ3) is 4.35. The second kappa shape index (κ2) is 7.17. The molecule has 24 heavy (non-hydrogen) atoms. The van der Waals surface area contributed by atoms with Crippen LogP contribution in [0, 0.1) is 0 Å². The summed E-state index contributed by atoms with van der Waals surface area (Å²) >= 11 is 0. The van der Waals surface area contributed by atoms with Crippen molar-refractivity contribution in [1.82, 2.24) is 5.32 Å². The van der Waals surface area contributed by atoms with Crippen molar-refractivity contribution in [1.29, 1.82) is 0 Å². The molecule has 0 spiro atoms. The molecule has 0 fully saturated rings. The second-order valence-electron chi connectivity index (χ2n) is 6.07. The summed E-state index contributed by atoms with van der Waals surface area (Å²) in [6.45, 7) is 4.43. The zero-order chi connectivity index (χ0) is 17.7. The number of hydrogen-bond acceptors (Lipinski definition) is 3. The molecule has 0 saturated carbocycles. The fourth-order valence-corrected chi connectivity index (χ4v) is 2.08. The lowest BCUT2D eigenvalue weighted by Gasteiger charge is -2.23. The number of carboxylic acid groups (broad SMARTS) is 1. The maximum atomic E-state index is 12.1. The molecule has 1 atom stereocenters. The molecule has 5 nitrogen and oxygen atoms in total. The van der Waals surface area contributed by atoms with E-state index in [9.17, 15) is 9.59 Å². The molecule has 0 aromatic heterocycles. The first kappa shape index (κ1) is 17.5. The molecule has 0 bridgehead atoms. The summed E-state index contributed by atoms with van der Waals surface area (Å²) in [4.78, 5) is 23.1. The molecule has 1 unspecified atom stereocenters. The van der Waals surface area contributed by atoms with E-state index in [1.165, 1.54) is 13.8 Å². The van der Waals surface area contributed by atoms with E-state index in [1.807, 2.05) is 42.5 Å². The molecule has 0 radical (unpaired) electrons. The van der Waals surface area contributed by atoms with Crippen molar-refractivity contribution in [2.45, 2.75) is 32.4 Å². The number of carbonyl (C=O) groups is 2. The number of hydrogen-bond donors (Lipinski definition) is 2. The topological polar surface area (TPSA) is 75.6 Å². The maximum absolute atomic E-state index is 12.1. The molecule has 2 rings (SSSR count). The van der Waals surface area contributed by atoms with Crippen molar-refractivity contribution in [2.24, 2.45) is 0 Å². The summed E-state index contributed by atoms with van der Waals surface area (Å²) in [6.07, 6.45) is -0.800. The molecule has 0 aliphatic rings. The minimum absolute atomic E-state index is 0.477. The van der Waals surface area contributed by atoms with Crippen LogP contribution in [0.25, 0.3) is 11.1 Å². The lowest BCUT2D eigenvalue weighted by Crippen LogP contribution is -2.53. The highest BCUT2D eigenvalue weighted by molar-refractivity contribution is 5.88. The van der Waals surface area contributed by atoms with Crippen LogP contribution in [0.2, 0.25) is 0 Å². The highest BCUT2D eigenvalue weighted by Gasteiger charge is 2.31. The average Bonchev–Trinajstić information content (AvgIpc) is 2.55. The molecule has 5 heteroatoms. The predicted octanol–water partition coefficient (Wildman–Crippen LogP) is 3.10. The van der Waals surface area contributed by atoms with Crippen LogP contribution < -0.4 is 10.1 Å². The summed E-state index contributed by atoms with van der Waals surface area (Å²) in [5, 5.41) is 11.5. The van der Waals surface area contributed by atoms with E-state index in [1.54, 1.807) is 19.1 Å². The third-order valence-electron chi connectivity index (χ3n) is 3.61. The maximum Gasteiger partial charge on any atom is 0.328 e. The van der Waals surface area contributed by atoms with E-state index in [0.717, 1.165) is 11.1 Å². The Labute approximate surface area is 141 Å². The van der Waals surface area contributed by atoms with Gasteiger partial charge in [-0.15, -0.1) is 0 Å². The Hall–Kier alpha value is -2.82. The Balaban J connectivity index is 2.00. The summed E-state index contributed by atoms with van der Waals surface area (Å²) in [5.74, 6) is -1.03. The van der Waals surface area contributed by atoms with Gasteiger partial charge in [-0.25, -0.2) is 4.79 Å². The number of nitrogens with one attached hydrogen (secondary N) is 1. The van der Waals surface area contributed by atoms with Crippen LogP contribution in [0.5, 0.6) is 5.75 Å². The lowest BCUT2D eigenvalue weighted by molar-refractivity contribution is -0.147. The zero-order valence-electron chi connectivity index (χ0n) is 13.9.